The Hall–Kier alpha value is 0.177. The van der Waals surface area contributed by atoms with E-state index >= 15 is 0 Å². The Bertz CT molecular complexity index is 68.9. The molecule has 0 bridgehead atoms. The third-order valence-electron chi connectivity index (χ3n) is 1.77. The highest BCUT2D eigenvalue weighted by Crippen LogP contribution is 2.12. The summed E-state index contributed by atoms with van der Waals surface area (Å²) in [6.45, 7) is 8.69. The fraction of sp³-hybridized carbons (Fsp3) is 1.00. The number of hydrogen-bond acceptors (Lipinski definition) is 1. The van der Waals surface area contributed by atoms with Gasteiger partial charge in [-0.2, -0.15) is 0 Å². The Morgan fingerprint density at radius 1 is 1.38 bits per heavy atom. The van der Waals surface area contributed by atoms with Gasteiger partial charge in [0.05, 0.1) is 0 Å². The summed E-state index contributed by atoms with van der Waals surface area (Å²) in [4.78, 5) is 3.05. The van der Waals surface area contributed by atoms with Crippen molar-refractivity contribution in [1.82, 2.24) is 4.98 Å². The molecule has 2 heteroatoms. The highest BCUT2D eigenvalue weighted by Gasteiger charge is 2.18. The van der Waals surface area contributed by atoms with E-state index in [0.29, 0.717) is 5.92 Å². The van der Waals surface area contributed by atoms with Gasteiger partial charge in [0.2, 0.25) is 0 Å². The van der Waals surface area contributed by atoms with Crippen LogP contribution in [0.15, 0.2) is 0 Å². The maximum Gasteiger partial charge on any atom is 0.140 e. The number of rotatable bonds is 2. The molecule has 0 aliphatic heterocycles. The maximum atomic E-state index is 3.27. The Morgan fingerprint density at radius 3 is 1.75 bits per heavy atom. The van der Waals surface area contributed by atoms with Crippen molar-refractivity contribution in [2.45, 2.75) is 33.2 Å². The van der Waals surface area contributed by atoms with Crippen LogP contribution in [0, 0.1) is 5.92 Å². The van der Waals surface area contributed by atoms with Gasteiger partial charge in [-0.3, -0.25) is 0 Å². The van der Waals surface area contributed by atoms with E-state index in [1.54, 1.807) is 0 Å². The Labute approximate surface area is 55.4 Å². The number of nitrogens with one attached hydrogen (secondary N) is 1. The molecule has 1 N–H and O–H groups in total. The Morgan fingerprint density at radius 2 is 1.75 bits per heavy atom. The summed E-state index contributed by atoms with van der Waals surface area (Å²) < 4.78 is 0. The first-order valence-corrected chi connectivity index (χ1v) is 3.44. The zero-order chi connectivity index (χ0) is 6.78. The summed E-state index contributed by atoms with van der Waals surface area (Å²) in [6, 6.07) is 0. The summed E-state index contributed by atoms with van der Waals surface area (Å²) in [7, 11) is 3.27. The standard InChI is InChI=1S/C6H14NSi/c1-5(2)6(3,4)7-8/h5,7H,1-4H3. The monoisotopic (exact) mass is 128 g/mol. The molecule has 0 saturated heterocycles. The van der Waals surface area contributed by atoms with Gasteiger partial charge in [0.1, 0.15) is 10.4 Å². The van der Waals surface area contributed by atoms with Crippen molar-refractivity contribution in [2.75, 3.05) is 0 Å². The van der Waals surface area contributed by atoms with E-state index < -0.39 is 0 Å². The molecular weight excluding hydrogens is 114 g/mol. The quantitative estimate of drug-likeness (QED) is 0.549. The first kappa shape index (κ1) is 8.18. The molecular formula is C6H14NSi. The van der Waals surface area contributed by atoms with Gasteiger partial charge in [-0.1, -0.05) is 13.8 Å². The second kappa shape index (κ2) is 2.64. The summed E-state index contributed by atoms with van der Waals surface area (Å²) >= 11 is 0. The van der Waals surface area contributed by atoms with Gasteiger partial charge in [0, 0.05) is 5.54 Å². The van der Waals surface area contributed by atoms with Crippen LogP contribution in [0.5, 0.6) is 0 Å². The predicted octanol–water partition coefficient (Wildman–Crippen LogP) is 1.09. The van der Waals surface area contributed by atoms with Crippen LogP contribution in [0.3, 0.4) is 0 Å². The highest BCUT2D eigenvalue weighted by molar-refractivity contribution is 6.04. The minimum Gasteiger partial charge on any atom is -0.336 e. The Kier molecular flexibility index (Phi) is 2.70. The van der Waals surface area contributed by atoms with Gasteiger partial charge in [0.25, 0.3) is 0 Å². The van der Waals surface area contributed by atoms with Crippen molar-refractivity contribution < 1.29 is 0 Å². The van der Waals surface area contributed by atoms with Gasteiger partial charge < -0.3 is 4.98 Å². The molecule has 0 aliphatic carbocycles. The molecule has 0 aromatic heterocycles. The fourth-order valence-corrected chi connectivity index (χ4v) is 0.433. The molecule has 1 nitrogen and oxygen atoms in total. The van der Waals surface area contributed by atoms with Gasteiger partial charge in [-0.25, -0.2) is 0 Å². The van der Waals surface area contributed by atoms with E-state index in [2.05, 4.69) is 43.1 Å². The summed E-state index contributed by atoms with van der Waals surface area (Å²) in [5.74, 6) is 0.653. The van der Waals surface area contributed by atoms with E-state index in [1.165, 1.54) is 0 Å². The van der Waals surface area contributed by atoms with E-state index in [0.717, 1.165) is 0 Å². The molecule has 0 unspecified atom stereocenters. The molecule has 0 saturated carbocycles. The minimum atomic E-state index is 0.205. The van der Waals surface area contributed by atoms with Crippen LogP contribution in [-0.4, -0.2) is 15.9 Å². The van der Waals surface area contributed by atoms with Crippen LogP contribution < -0.4 is 4.98 Å². The van der Waals surface area contributed by atoms with E-state index in [9.17, 15) is 0 Å². The average molecular weight is 128 g/mol. The molecule has 8 heavy (non-hydrogen) atoms. The average Bonchev–Trinajstić information content (AvgIpc) is 1.67. The van der Waals surface area contributed by atoms with E-state index in [4.69, 9.17) is 0 Å². The third-order valence-corrected chi connectivity index (χ3v) is 2.41. The van der Waals surface area contributed by atoms with Gasteiger partial charge >= 0.3 is 0 Å². The van der Waals surface area contributed by atoms with Crippen molar-refractivity contribution in [2.24, 2.45) is 5.92 Å². The second-order valence-electron chi connectivity index (χ2n) is 3.00. The summed E-state index contributed by atoms with van der Waals surface area (Å²) in [5, 5.41) is 0. The third kappa shape index (κ3) is 1.97. The molecule has 0 spiro atoms. The summed E-state index contributed by atoms with van der Waals surface area (Å²) in [5.41, 5.74) is 0.205. The van der Waals surface area contributed by atoms with Crippen LogP contribution in [-0.2, 0) is 0 Å². The lowest BCUT2D eigenvalue weighted by molar-refractivity contribution is 0.343. The molecule has 0 heterocycles. The smallest absolute Gasteiger partial charge is 0.140 e. The fourth-order valence-electron chi connectivity index (χ4n) is 0.144. The van der Waals surface area contributed by atoms with Gasteiger partial charge in [-0.05, 0) is 19.8 Å². The summed E-state index contributed by atoms with van der Waals surface area (Å²) in [6.07, 6.45) is 0. The molecule has 47 valence electrons. The van der Waals surface area contributed by atoms with Crippen LogP contribution >= 0.6 is 0 Å². The van der Waals surface area contributed by atoms with Crippen molar-refractivity contribution in [1.29, 1.82) is 0 Å². The first-order chi connectivity index (χ1) is 3.50. The molecule has 0 amide bonds. The van der Waals surface area contributed by atoms with Crippen LogP contribution in [0.4, 0.5) is 0 Å². The largest absolute Gasteiger partial charge is 0.336 e. The zero-order valence-corrected chi connectivity index (χ0v) is 7.08. The normalized spacial score (nSPS) is 12.8. The Balaban J connectivity index is 3.71. The lowest BCUT2D eigenvalue weighted by atomic mass is 9.92. The first-order valence-electron chi connectivity index (χ1n) is 2.94. The molecule has 3 radical (unpaired) electrons. The second-order valence-corrected chi connectivity index (χ2v) is 3.25. The van der Waals surface area contributed by atoms with E-state index in [1.807, 2.05) is 0 Å². The topological polar surface area (TPSA) is 12.0 Å². The minimum absolute atomic E-state index is 0.205. The zero-order valence-electron chi connectivity index (χ0n) is 6.08. The maximum absolute atomic E-state index is 3.27. The highest BCUT2D eigenvalue weighted by atomic mass is 28.2. The lowest BCUT2D eigenvalue weighted by Gasteiger charge is -2.28. The van der Waals surface area contributed by atoms with E-state index in [-0.39, 0.29) is 5.54 Å². The molecule has 0 atom stereocenters. The predicted molar refractivity (Wildman–Crippen MR) is 37.8 cm³/mol. The van der Waals surface area contributed by atoms with Crippen LogP contribution in [0.1, 0.15) is 27.7 Å². The van der Waals surface area contributed by atoms with Crippen molar-refractivity contribution in [3.63, 3.8) is 0 Å². The molecule has 0 fully saturated rings. The van der Waals surface area contributed by atoms with Gasteiger partial charge in [-0.15, -0.1) is 0 Å². The molecule has 0 aliphatic rings. The van der Waals surface area contributed by atoms with Crippen LogP contribution in [0.2, 0.25) is 0 Å². The lowest BCUT2D eigenvalue weighted by Crippen LogP contribution is -2.42. The molecule has 0 aromatic carbocycles. The van der Waals surface area contributed by atoms with Gasteiger partial charge in [0.15, 0.2) is 0 Å². The number of hydrogen-bond donors (Lipinski definition) is 1. The van der Waals surface area contributed by atoms with Crippen molar-refractivity contribution in [3.8, 4) is 0 Å². The van der Waals surface area contributed by atoms with Crippen molar-refractivity contribution >= 4 is 10.4 Å². The van der Waals surface area contributed by atoms with Crippen LogP contribution in [0.25, 0.3) is 0 Å². The molecule has 0 aromatic rings. The SMILES string of the molecule is CC(C)C(C)(C)N[Si]. The van der Waals surface area contributed by atoms with Crippen molar-refractivity contribution in [3.05, 3.63) is 0 Å². The molecule has 0 rings (SSSR count).